The number of non-ortho nitro benzene ring substituents is 1. The Balaban J connectivity index is 1.72. The van der Waals surface area contributed by atoms with Gasteiger partial charge in [0.1, 0.15) is 6.04 Å². The monoisotopic (exact) mass is 359 g/mol. The predicted octanol–water partition coefficient (Wildman–Crippen LogP) is 2.68. The number of halogens is 1. The zero-order valence-corrected chi connectivity index (χ0v) is 13.9. The van der Waals surface area contributed by atoms with Crippen LogP contribution in [0.15, 0.2) is 48.5 Å². The van der Waals surface area contributed by atoms with Crippen molar-refractivity contribution in [3.63, 3.8) is 0 Å². The Bertz CT molecular complexity index is 807. The fourth-order valence-corrected chi connectivity index (χ4v) is 3.23. The normalized spacial score (nSPS) is 16.3. The van der Waals surface area contributed by atoms with E-state index in [4.69, 9.17) is 0 Å². The standard InChI is InChI=1S/C18H18FN3O4/c19-15-12-14(22(25)26)6-7-16(15)20-8-10-21(11-9-20)17(18(23)24)13-4-2-1-3-5-13/h1-7,12,17H,8-11H2,(H,23,24). The molecule has 2 aromatic rings. The molecule has 2 aromatic carbocycles. The Morgan fingerprint density at radius 3 is 2.31 bits per heavy atom. The third-order valence-corrected chi connectivity index (χ3v) is 4.51. The highest BCUT2D eigenvalue weighted by Gasteiger charge is 2.31. The minimum atomic E-state index is -0.925. The number of rotatable bonds is 5. The van der Waals surface area contributed by atoms with Gasteiger partial charge in [-0.05, 0) is 11.6 Å². The lowest BCUT2D eigenvalue weighted by Gasteiger charge is -2.38. The molecule has 1 heterocycles. The van der Waals surface area contributed by atoms with E-state index in [1.807, 2.05) is 11.0 Å². The van der Waals surface area contributed by atoms with Crippen LogP contribution in [0.3, 0.4) is 0 Å². The van der Waals surface area contributed by atoms with Gasteiger partial charge in [0.25, 0.3) is 5.69 Å². The van der Waals surface area contributed by atoms with E-state index in [0.717, 1.165) is 6.07 Å². The summed E-state index contributed by atoms with van der Waals surface area (Å²) in [5.74, 6) is -1.57. The van der Waals surface area contributed by atoms with E-state index in [0.29, 0.717) is 37.4 Å². The van der Waals surface area contributed by atoms with Gasteiger partial charge in [-0.15, -0.1) is 0 Å². The van der Waals surface area contributed by atoms with Crippen molar-refractivity contribution in [2.24, 2.45) is 0 Å². The smallest absolute Gasteiger partial charge is 0.325 e. The van der Waals surface area contributed by atoms with Crippen molar-refractivity contribution in [3.05, 3.63) is 70.0 Å². The number of piperazine rings is 1. The van der Waals surface area contributed by atoms with Crippen molar-refractivity contribution < 1.29 is 19.2 Å². The third-order valence-electron chi connectivity index (χ3n) is 4.51. The number of nitro groups is 1. The summed E-state index contributed by atoms with van der Waals surface area (Å²) in [5.41, 5.74) is 0.705. The number of anilines is 1. The first-order chi connectivity index (χ1) is 12.5. The molecule has 3 rings (SSSR count). The van der Waals surface area contributed by atoms with Crippen LogP contribution < -0.4 is 4.90 Å². The Hall–Kier alpha value is -3.00. The molecule has 1 unspecified atom stereocenters. The maximum Gasteiger partial charge on any atom is 0.325 e. The molecule has 8 heteroatoms. The van der Waals surface area contributed by atoms with E-state index in [1.165, 1.54) is 12.1 Å². The van der Waals surface area contributed by atoms with Crippen LogP contribution in [-0.4, -0.2) is 47.1 Å². The van der Waals surface area contributed by atoms with Crippen LogP contribution in [0.1, 0.15) is 11.6 Å². The summed E-state index contributed by atoms with van der Waals surface area (Å²) in [6.07, 6.45) is 0. The van der Waals surface area contributed by atoms with E-state index in [9.17, 15) is 24.4 Å². The first-order valence-electron chi connectivity index (χ1n) is 8.18. The quantitative estimate of drug-likeness (QED) is 0.652. The van der Waals surface area contributed by atoms with E-state index in [1.54, 1.807) is 29.2 Å². The molecule has 1 aliphatic rings. The second kappa shape index (κ2) is 7.49. The highest BCUT2D eigenvalue weighted by atomic mass is 19.1. The maximum atomic E-state index is 14.2. The molecule has 0 spiro atoms. The van der Waals surface area contributed by atoms with Crippen molar-refractivity contribution >= 4 is 17.3 Å². The number of aliphatic carboxylic acids is 1. The van der Waals surface area contributed by atoms with Crippen LogP contribution in [0.4, 0.5) is 15.8 Å². The summed E-state index contributed by atoms with van der Waals surface area (Å²) in [4.78, 5) is 25.4. The van der Waals surface area contributed by atoms with Crippen molar-refractivity contribution in [3.8, 4) is 0 Å². The summed E-state index contributed by atoms with van der Waals surface area (Å²) < 4.78 is 14.2. The third kappa shape index (κ3) is 3.65. The van der Waals surface area contributed by atoms with Crippen molar-refractivity contribution in [2.45, 2.75) is 6.04 Å². The van der Waals surface area contributed by atoms with Crippen LogP contribution in [0.2, 0.25) is 0 Å². The molecule has 0 bridgehead atoms. The minimum Gasteiger partial charge on any atom is -0.480 e. The predicted molar refractivity (Wildman–Crippen MR) is 93.7 cm³/mol. The molecular weight excluding hydrogens is 341 g/mol. The van der Waals surface area contributed by atoms with Gasteiger partial charge in [-0.25, -0.2) is 4.39 Å². The topological polar surface area (TPSA) is 86.9 Å². The first-order valence-corrected chi connectivity index (χ1v) is 8.18. The lowest BCUT2D eigenvalue weighted by Crippen LogP contribution is -2.49. The number of hydrogen-bond acceptors (Lipinski definition) is 5. The van der Waals surface area contributed by atoms with Gasteiger partial charge in [0.2, 0.25) is 0 Å². The highest BCUT2D eigenvalue weighted by molar-refractivity contribution is 5.75. The average molecular weight is 359 g/mol. The molecule has 0 aliphatic carbocycles. The second-order valence-electron chi connectivity index (χ2n) is 6.07. The molecular formula is C18H18FN3O4. The molecule has 0 aromatic heterocycles. The summed E-state index contributed by atoms with van der Waals surface area (Å²) in [5, 5.41) is 20.3. The van der Waals surface area contributed by atoms with Crippen LogP contribution in [0.5, 0.6) is 0 Å². The van der Waals surface area contributed by atoms with Crippen LogP contribution in [-0.2, 0) is 4.79 Å². The zero-order chi connectivity index (χ0) is 18.7. The van der Waals surface area contributed by atoms with Gasteiger partial charge < -0.3 is 10.0 Å². The highest BCUT2D eigenvalue weighted by Crippen LogP contribution is 2.27. The number of nitrogens with zero attached hydrogens (tertiary/aromatic N) is 3. The van der Waals surface area contributed by atoms with Gasteiger partial charge >= 0.3 is 5.97 Å². The Morgan fingerprint density at radius 1 is 1.12 bits per heavy atom. The van der Waals surface area contributed by atoms with Crippen molar-refractivity contribution in [1.29, 1.82) is 0 Å². The van der Waals surface area contributed by atoms with Gasteiger partial charge in [-0.3, -0.25) is 19.8 Å². The number of carboxylic acids is 1. The summed E-state index contributed by atoms with van der Waals surface area (Å²) in [6.45, 7) is 1.77. The van der Waals surface area contributed by atoms with Gasteiger partial charge in [0, 0.05) is 32.2 Å². The molecule has 0 amide bonds. The van der Waals surface area contributed by atoms with E-state index >= 15 is 0 Å². The Labute approximate surface area is 149 Å². The summed E-state index contributed by atoms with van der Waals surface area (Å²) in [7, 11) is 0. The average Bonchev–Trinajstić information content (AvgIpc) is 2.63. The second-order valence-corrected chi connectivity index (χ2v) is 6.07. The molecule has 0 saturated carbocycles. The van der Waals surface area contributed by atoms with Crippen molar-refractivity contribution in [1.82, 2.24) is 4.90 Å². The molecule has 7 nitrogen and oxygen atoms in total. The minimum absolute atomic E-state index is 0.292. The van der Waals surface area contributed by atoms with E-state index < -0.39 is 22.8 Å². The number of benzene rings is 2. The molecule has 26 heavy (non-hydrogen) atoms. The van der Waals surface area contributed by atoms with Crippen LogP contribution >= 0.6 is 0 Å². The van der Waals surface area contributed by atoms with Crippen LogP contribution in [0.25, 0.3) is 0 Å². The molecule has 1 saturated heterocycles. The molecule has 1 fully saturated rings. The maximum absolute atomic E-state index is 14.2. The number of hydrogen-bond donors (Lipinski definition) is 1. The van der Waals surface area contributed by atoms with Crippen molar-refractivity contribution in [2.75, 3.05) is 31.1 Å². The fraction of sp³-hybridized carbons (Fsp3) is 0.278. The number of carbonyl (C=O) groups is 1. The van der Waals surface area contributed by atoms with E-state index in [2.05, 4.69) is 0 Å². The Morgan fingerprint density at radius 2 is 1.77 bits per heavy atom. The zero-order valence-electron chi connectivity index (χ0n) is 13.9. The number of carboxylic acid groups (broad SMARTS) is 1. The van der Waals surface area contributed by atoms with E-state index in [-0.39, 0.29) is 5.69 Å². The lowest BCUT2D eigenvalue weighted by molar-refractivity contribution is -0.385. The molecule has 136 valence electrons. The molecule has 0 radical (unpaired) electrons. The molecule has 1 atom stereocenters. The van der Waals surface area contributed by atoms with Gasteiger partial charge in [0.15, 0.2) is 5.82 Å². The van der Waals surface area contributed by atoms with Gasteiger partial charge in [0.05, 0.1) is 16.7 Å². The fourth-order valence-electron chi connectivity index (χ4n) is 3.23. The molecule has 1 aliphatic heterocycles. The lowest BCUT2D eigenvalue weighted by atomic mass is 10.0. The van der Waals surface area contributed by atoms with Crippen LogP contribution in [0, 0.1) is 15.9 Å². The summed E-state index contributed by atoms with van der Waals surface area (Å²) in [6, 6.07) is 11.8. The van der Waals surface area contributed by atoms with Gasteiger partial charge in [-0.2, -0.15) is 0 Å². The molecule has 1 N–H and O–H groups in total. The van der Waals surface area contributed by atoms with Gasteiger partial charge in [-0.1, -0.05) is 30.3 Å². The number of nitro benzene ring substituents is 1. The Kier molecular flexibility index (Phi) is 5.13. The first kappa shape index (κ1) is 17.8. The summed E-state index contributed by atoms with van der Waals surface area (Å²) >= 11 is 0. The largest absolute Gasteiger partial charge is 0.480 e. The SMILES string of the molecule is O=C(O)C(c1ccccc1)N1CCN(c2ccc([N+](=O)[O-])cc2F)CC1.